The largest absolute Gasteiger partial charge is 0.673 e. The van der Waals surface area contributed by atoms with Crippen molar-refractivity contribution >= 4 is 50.3 Å². The number of aryl methyl sites for hydroxylation is 1. The molecule has 41 heavy (non-hydrogen) atoms. The van der Waals surface area contributed by atoms with Crippen LogP contribution in [-0.4, -0.2) is 7.25 Å². The molecule has 1 nitrogen and oxygen atoms in total. The number of benzene rings is 6. The fourth-order valence-electron chi connectivity index (χ4n) is 5.98. The van der Waals surface area contributed by atoms with Crippen molar-refractivity contribution in [1.82, 2.24) is 0 Å². The first kappa shape index (κ1) is 26.8. The van der Waals surface area contributed by atoms with Crippen molar-refractivity contribution in [1.29, 1.82) is 0 Å². The number of pyridine rings is 1. The first-order valence-electron chi connectivity index (χ1n) is 13.9. The Hall–Kier alpha value is -4.45. The summed E-state index contributed by atoms with van der Waals surface area (Å²) in [5, 5.41) is 10.7. The number of halogens is 4. The van der Waals surface area contributed by atoms with Crippen LogP contribution in [0.4, 0.5) is 17.3 Å². The summed E-state index contributed by atoms with van der Waals surface area (Å²) in [5.41, 5.74) is 5.15. The Labute approximate surface area is 236 Å². The predicted octanol–water partition coefficient (Wildman–Crippen LogP) is 10.5. The van der Waals surface area contributed by atoms with E-state index in [1.165, 1.54) is 71.9 Å². The van der Waals surface area contributed by atoms with Gasteiger partial charge in [0.1, 0.15) is 6.54 Å². The molecule has 0 amide bonds. The maximum Gasteiger partial charge on any atom is 0.673 e. The van der Waals surface area contributed by atoms with Crippen LogP contribution in [0.5, 0.6) is 0 Å². The highest BCUT2D eigenvalue weighted by molar-refractivity contribution is 6.50. The third-order valence-electron chi connectivity index (χ3n) is 7.63. The van der Waals surface area contributed by atoms with E-state index in [2.05, 4.69) is 127 Å². The second-order valence-electron chi connectivity index (χ2n) is 10.3. The summed E-state index contributed by atoms with van der Waals surface area (Å²) in [6.07, 6.45) is 4.74. The topological polar surface area (TPSA) is 3.88 Å². The smallest absolute Gasteiger partial charge is 0.418 e. The number of nitrogens with zero attached hydrogens (tertiary/aromatic N) is 1. The number of hydrogen-bond acceptors (Lipinski definition) is 0. The number of rotatable bonds is 5. The molecule has 0 aliphatic heterocycles. The molecule has 0 unspecified atom stereocenters. The van der Waals surface area contributed by atoms with Crippen LogP contribution in [0, 0.1) is 0 Å². The minimum atomic E-state index is -6.00. The quantitative estimate of drug-likeness (QED) is 0.0661. The highest BCUT2D eigenvalue weighted by Crippen LogP contribution is 2.43. The van der Waals surface area contributed by atoms with Crippen LogP contribution in [0.2, 0.25) is 0 Å². The Bertz CT molecular complexity index is 1950. The number of hydrogen-bond donors (Lipinski definition) is 0. The van der Waals surface area contributed by atoms with Gasteiger partial charge in [-0.1, -0.05) is 104 Å². The minimum Gasteiger partial charge on any atom is -0.418 e. The molecule has 7 aromatic rings. The lowest BCUT2D eigenvalue weighted by Gasteiger charge is -2.17. The molecule has 0 radical (unpaired) electrons. The van der Waals surface area contributed by atoms with Gasteiger partial charge in [-0.05, 0) is 56.1 Å². The molecule has 0 aliphatic carbocycles. The lowest BCUT2D eigenvalue weighted by Crippen LogP contribution is -2.36. The van der Waals surface area contributed by atoms with Gasteiger partial charge in [0, 0.05) is 17.4 Å². The Morgan fingerprint density at radius 1 is 0.585 bits per heavy atom. The Balaban J connectivity index is 0.000000559. The molecule has 0 atom stereocenters. The van der Waals surface area contributed by atoms with Crippen molar-refractivity contribution in [3.05, 3.63) is 115 Å². The molecule has 0 bridgehead atoms. The van der Waals surface area contributed by atoms with E-state index in [0.717, 1.165) is 13.0 Å². The molecule has 6 heteroatoms. The van der Waals surface area contributed by atoms with Gasteiger partial charge >= 0.3 is 7.25 Å². The number of fused-ring (bicyclic) bond motifs is 2. The summed E-state index contributed by atoms with van der Waals surface area (Å²) < 4.78 is 41.5. The zero-order chi connectivity index (χ0) is 28.6. The normalized spacial score (nSPS) is 11.8. The van der Waals surface area contributed by atoms with Crippen molar-refractivity contribution in [2.24, 2.45) is 0 Å². The zero-order valence-electron chi connectivity index (χ0n) is 22.6. The third-order valence-corrected chi connectivity index (χ3v) is 7.63. The highest BCUT2D eigenvalue weighted by Gasteiger charge is 2.25. The van der Waals surface area contributed by atoms with E-state index in [-0.39, 0.29) is 0 Å². The van der Waals surface area contributed by atoms with E-state index in [4.69, 9.17) is 0 Å². The molecule has 0 spiro atoms. The monoisotopic (exact) mass is 549 g/mol. The molecule has 6 aromatic carbocycles. The summed E-state index contributed by atoms with van der Waals surface area (Å²) in [6, 6.07) is 40.1. The number of unbranched alkanes of at least 4 members (excludes halogenated alkanes) is 1. The molecule has 1 heterocycles. The van der Waals surface area contributed by atoms with Crippen LogP contribution < -0.4 is 4.57 Å². The van der Waals surface area contributed by atoms with E-state index in [1.807, 2.05) is 0 Å². The van der Waals surface area contributed by atoms with Crippen molar-refractivity contribution in [3.63, 3.8) is 0 Å². The van der Waals surface area contributed by atoms with Crippen LogP contribution in [0.3, 0.4) is 0 Å². The van der Waals surface area contributed by atoms with Crippen molar-refractivity contribution in [3.8, 4) is 22.4 Å². The second kappa shape index (κ2) is 10.8. The summed E-state index contributed by atoms with van der Waals surface area (Å²) >= 11 is 0. The van der Waals surface area contributed by atoms with Crippen LogP contribution in [0.1, 0.15) is 19.8 Å². The van der Waals surface area contributed by atoms with Gasteiger partial charge in [0.25, 0.3) is 0 Å². The van der Waals surface area contributed by atoms with Crippen molar-refractivity contribution < 1.29 is 21.8 Å². The Morgan fingerprint density at radius 3 is 1.80 bits per heavy atom. The van der Waals surface area contributed by atoms with Crippen molar-refractivity contribution in [2.75, 3.05) is 0 Å². The van der Waals surface area contributed by atoms with Crippen LogP contribution in [0.15, 0.2) is 115 Å². The van der Waals surface area contributed by atoms with Gasteiger partial charge in [-0.2, -0.15) is 4.57 Å². The van der Waals surface area contributed by atoms with Gasteiger partial charge in [0.15, 0.2) is 6.20 Å². The molecule has 0 saturated heterocycles. The van der Waals surface area contributed by atoms with Crippen LogP contribution in [-0.2, 0) is 6.54 Å². The van der Waals surface area contributed by atoms with Crippen LogP contribution in [0.25, 0.3) is 65.5 Å². The average Bonchev–Trinajstić information content (AvgIpc) is 2.98. The first-order valence-corrected chi connectivity index (χ1v) is 13.9. The molecule has 204 valence electrons. The molecule has 0 saturated carbocycles. The van der Waals surface area contributed by atoms with E-state index < -0.39 is 7.25 Å². The molecular weight excluding hydrogens is 521 g/mol. The minimum absolute atomic E-state index is 0.998. The highest BCUT2D eigenvalue weighted by atomic mass is 19.5. The van der Waals surface area contributed by atoms with E-state index in [9.17, 15) is 17.3 Å². The van der Waals surface area contributed by atoms with Gasteiger partial charge in [0.05, 0.1) is 10.9 Å². The lowest BCUT2D eigenvalue weighted by molar-refractivity contribution is -0.684. The molecule has 0 aliphatic rings. The molecule has 7 rings (SSSR count). The molecule has 0 fully saturated rings. The van der Waals surface area contributed by atoms with E-state index >= 15 is 0 Å². The standard InChI is InChI=1S/C35H28N.BF4/c1-2-3-21-36-23-31-29-20-19-26-16-10-15-25-17-18-28(33(29)32(25)26)22-30(31)34(24-11-6-4-7-12-24)35(36)27-13-8-5-9-14-27;2-1(3,4)5/h4-20,22-23H,2-3,21H2,1H3;/q+1;-1. The first-order chi connectivity index (χ1) is 19.8. The summed E-state index contributed by atoms with van der Waals surface area (Å²) in [5.74, 6) is 0. The SMILES string of the molecule is CCCC[n+]1cc2c(cc3ccc4cccc5ccc2c3c45)c(-c2ccccc2)c1-c1ccccc1.F[B-](F)(F)F. The molecular formula is C35H28BF4N. The van der Waals surface area contributed by atoms with Gasteiger partial charge in [0.2, 0.25) is 5.69 Å². The molecule has 1 aromatic heterocycles. The van der Waals surface area contributed by atoms with E-state index in [1.54, 1.807) is 0 Å². The summed E-state index contributed by atoms with van der Waals surface area (Å²) in [6.45, 7) is 3.27. The second-order valence-corrected chi connectivity index (χ2v) is 10.3. The fraction of sp³-hybridized carbons (Fsp3) is 0.114. The lowest BCUT2D eigenvalue weighted by atomic mass is 9.87. The van der Waals surface area contributed by atoms with Gasteiger partial charge in [-0.3, -0.25) is 0 Å². The predicted molar refractivity (Wildman–Crippen MR) is 164 cm³/mol. The van der Waals surface area contributed by atoms with Crippen LogP contribution >= 0.6 is 0 Å². The average molecular weight is 549 g/mol. The zero-order valence-corrected chi connectivity index (χ0v) is 22.6. The van der Waals surface area contributed by atoms with Gasteiger partial charge < -0.3 is 17.3 Å². The number of aromatic nitrogens is 1. The third kappa shape index (κ3) is 5.22. The molecule has 0 N–H and O–H groups in total. The summed E-state index contributed by atoms with van der Waals surface area (Å²) in [7, 11) is -6.00. The maximum absolute atomic E-state index is 9.75. The van der Waals surface area contributed by atoms with Crippen molar-refractivity contribution in [2.45, 2.75) is 26.3 Å². The Kier molecular flexibility index (Phi) is 7.08. The van der Waals surface area contributed by atoms with Gasteiger partial charge in [-0.25, -0.2) is 0 Å². The fourth-order valence-corrected chi connectivity index (χ4v) is 5.98. The van der Waals surface area contributed by atoms with Gasteiger partial charge in [-0.15, -0.1) is 0 Å². The van der Waals surface area contributed by atoms with E-state index in [0.29, 0.717) is 0 Å². The summed E-state index contributed by atoms with van der Waals surface area (Å²) in [4.78, 5) is 0. The Morgan fingerprint density at radius 2 is 1.17 bits per heavy atom. The maximum atomic E-state index is 9.75.